The van der Waals surface area contributed by atoms with Gasteiger partial charge in [0.2, 0.25) is 0 Å². The van der Waals surface area contributed by atoms with Crippen molar-refractivity contribution in [1.29, 1.82) is 0 Å². The van der Waals surface area contributed by atoms with E-state index in [0.717, 1.165) is 22.6 Å². The molecule has 0 heterocycles. The van der Waals surface area contributed by atoms with Gasteiger partial charge in [0.1, 0.15) is 5.76 Å². The van der Waals surface area contributed by atoms with Gasteiger partial charge in [-0.05, 0) is 62.8 Å². The third kappa shape index (κ3) is 5.75. The normalized spacial score (nSPS) is 17.6. The first-order chi connectivity index (χ1) is 15.0. The van der Waals surface area contributed by atoms with Gasteiger partial charge in [0.25, 0.3) is 0 Å². The van der Waals surface area contributed by atoms with Crippen molar-refractivity contribution in [2.45, 2.75) is 46.0 Å². The Bertz CT molecular complexity index is 963. The van der Waals surface area contributed by atoms with Crippen LogP contribution in [0, 0.1) is 0 Å². The SMILES string of the molecule is CCOc1ccc(CCN=C2CC(c3ccccc3)CC(O)=C2C(C)=O)cc1OCC. The van der Waals surface area contributed by atoms with Crippen LogP contribution < -0.4 is 9.47 Å². The molecule has 31 heavy (non-hydrogen) atoms. The second-order valence-electron chi connectivity index (χ2n) is 7.62. The van der Waals surface area contributed by atoms with Gasteiger partial charge in [0, 0.05) is 18.7 Å². The fourth-order valence-corrected chi connectivity index (χ4v) is 3.99. The Morgan fingerprint density at radius 3 is 2.42 bits per heavy atom. The molecule has 0 bridgehead atoms. The van der Waals surface area contributed by atoms with E-state index in [9.17, 15) is 9.90 Å². The first-order valence-corrected chi connectivity index (χ1v) is 10.9. The summed E-state index contributed by atoms with van der Waals surface area (Å²) in [6.07, 6.45) is 1.82. The number of benzene rings is 2. The molecule has 5 heteroatoms. The van der Waals surface area contributed by atoms with Gasteiger partial charge in [-0.25, -0.2) is 0 Å². The fraction of sp³-hybridized carbons (Fsp3) is 0.385. The number of Topliss-reactive ketones (excluding diaryl/α,β-unsaturated/α-hetero) is 1. The summed E-state index contributed by atoms with van der Waals surface area (Å²) in [5.74, 6) is 1.61. The molecule has 164 valence electrons. The average Bonchev–Trinajstić information content (AvgIpc) is 2.76. The zero-order chi connectivity index (χ0) is 22.2. The maximum atomic E-state index is 12.2. The molecule has 3 rings (SSSR count). The number of aliphatic imine (C=N–C) groups is 1. The zero-order valence-electron chi connectivity index (χ0n) is 18.6. The van der Waals surface area contributed by atoms with E-state index in [1.165, 1.54) is 6.92 Å². The van der Waals surface area contributed by atoms with Crippen LogP contribution in [0.15, 0.2) is 64.9 Å². The number of hydrogen-bond donors (Lipinski definition) is 1. The van der Waals surface area contributed by atoms with Gasteiger partial charge < -0.3 is 14.6 Å². The van der Waals surface area contributed by atoms with Gasteiger partial charge in [0.15, 0.2) is 17.3 Å². The monoisotopic (exact) mass is 421 g/mol. The van der Waals surface area contributed by atoms with Crippen LogP contribution in [0.4, 0.5) is 0 Å². The lowest BCUT2D eigenvalue weighted by atomic mass is 9.81. The summed E-state index contributed by atoms with van der Waals surface area (Å²) in [6.45, 7) is 7.06. The lowest BCUT2D eigenvalue weighted by molar-refractivity contribution is -0.113. The fourth-order valence-electron chi connectivity index (χ4n) is 3.99. The molecular weight excluding hydrogens is 390 g/mol. The summed E-state index contributed by atoms with van der Waals surface area (Å²) in [6, 6.07) is 16.0. The molecule has 0 fully saturated rings. The minimum absolute atomic E-state index is 0.123. The summed E-state index contributed by atoms with van der Waals surface area (Å²) in [4.78, 5) is 16.9. The molecule has 0 radical (unpaired) electrons. The number of carbonyl (C=O) groups is 1. The van der Waals surface area contributed by atoms with Crippen molar-refractivity contribution in [3.63, 3.8) is 0 Å². The number of nitrogens with zero attached hydrogens (tertiary/aromatic N) is 1. The van der Waals surface area contributed by atoms with Crippen LogP contribution in [0.3, 0.4) is 0 Å². The molecule has 2 aromatic rings. The van der Waals surface area contributed by atoms with Crippen molar-refractivity contribution >= 4 is 11.5 Å². The van der Waals surface area contributed by atoms with E-state index in [0.29, 0.717) is 50.3 Å². The molecule has 0 aliphatic heterocycles. The number of hydrogen-bond acceptors (Lipinski definition) is 5. The zero-order valence-corrected chi connectivity index (χ0v) is 18.6. The highest BCUT2D eigenvalue weighted by Crippen LogP contribution is 2.34. The highest BCUT2D eigenvalue weighted by Gasteiger charge is 2.29. The Labute approximate surface area is 184 Å². The first kappa shape index (κ1) is 22.6. The Kier molecular flexibility index (Phi) is 7.88. The van der Waals surface area contributed by atoms with Gasteiger partial charge >= 0.3 is 0 Å². The van der Waals surface area contributed by atoms with Crippen molar-refractivity contribution < 1.29 is 19.4 Å². The van der Waals surface area contributed by atoms with E-state index in [1.54, 1.807) is 0 Å². The molecule has 0 aromatic heterocycles. The predicted molar refractivity (Wildman–Crippen MR) is 124 cm³/mol. The lowest BCUT2D eigenvalue weighted by Gasteiger charge is -2.25. The van der Waals surface area contributed by atoms with Crippen molar-refractivity contribution in [2.75, 3.05) is 19.8 Å². The highest BCUT2D eigenvalue weighted by atomic mass is 16.5. The minimum Gasteiger partial charge on any atom is -0.511 e. The molecule has 0 amide bonds. The minimum atomic E-state index is -0.137. The van der Waals surface area contributed by atoms with E-state index < -0.39 is 0 Å². The summed E-state index contributed by atoms with van der Waals surface area (Å²) in [7, 11) is 0. The van der Waals surface area contributed by atoms with E-state index in [-0.39, 0.29) is 17.5 Å². The summed E-state index contributed by atoms with van der Waals surface area (Å²) >= 11 is 0. The van der Waals surface area contributed by atoms with Crippen LogP contribution in [-0.2, 0) is 11.2 Å². The molecular formula is C26H31NO4. The van der Waals surface area contributed by atoms with E-state index in [1.807, 2.05) is 50.2 Å². The quantitative estimate of drug-likeness (QED) is 0.585. The maximum Gasteiger partial charge on any atom is 0.164 e. The summed E-state index contributed by atoms with van der Waals surface area (Å²) in [5.41, 5.74) is 3.32. The van der Waals surface area contributed by atoms with Crippen LogP contribution in [-0.4, -0.2) is 36.4 Å². The molecule has 1 unspecified atom stereocenters. The topological polar surface area (TPSA) is 68.1 Å². The molecule has 2 aromatic carbocycles. The summed E-state index contributed by atoms with van der Waals surface area (Å²) < 4.78 is 11.3. The molecule has 0 spiro atoms. The Balaban J connectivity index is 1.78. The molecule has 5 nitrogen and oxygen atoms in total. The lowest BCUT2D eigenvalue weighted by Crippen LogP contribution is -2.23. The standard InChI is InChI=1S/C26H31NO4/c1-4-30-24-12-11-19(15-25(24)31-5-2)13-14-27-22-16-21(20-9-7-6-8-10-20)17-23(29)26(22)18(3)28/h6-12,15,21,29H,4-5,13-14,16-17H2,1-3H3. The van der Waals surface area contributed by atoms with Crippen molar-refractivity contribution in [3.8, 4) is 11.5 Å². The molecule has 0 saturated heterocycles. The average molecular weight is 422 g/mol. The van der Waals surface area contributed by atoms with Gasteiger partial charge in [0.05, 0.1) is 18.8 Å². The number of ketones is 1. The number of allylic oxidation sites excluding steroid dienone is 2. The van der Waals surface area contributed by atoms with E-state index >= 15 is 0 Å². The van der Waals surface area contributed by atoms with Crippen molar-refractivity contribution in [3.05, 3.63) is 71.0 Å². The third-order valence-corrected chi connectivity index (χ3v) is 5.39. The second-order valence-corrected chi connectivity index (χ2v) is 7.62. The molecule has 1 aliphatic carbocycles. The number of rotatable bonds is 9. The van der Waals surface area contributed by atoms with Gasteiger partial charge in [-0.1, -0.05) is 36.4 Å². The Hall–Kier alpha value is -3.08. The van der Waals surface area contributed by atoms with E-state index in [4.69, 9.17) is 14.5 Å². The second kappa shape index (κ2) is 10.8. The van der Waals surface area contributed by atoms with Crippen LogP contribution >= 0.6 is 0 Å². The number of ether oxygens (including phenoxy) is 2. The maximum absolute atomic E-state index is 12.2. The van der Waals surface area contributed by atoms with Gasteiger partial charge in [-0.2, -0.15) is 0 Å². The largest absolute Gasteiger partial charge is 0.511 e. The number of aliphatic hydroxyl groups excluding tert-OH is 1. The Morgan fingerprint density at radius 1 is 1.03 bits per heavy atom. The van der Waals surface area contributed by atoms with Gasteiger partial charge in [-0.3, -0.25) is 9.79 Å². The first-order valence-electron chi connectivity index (χ1n) is 10.9. The number of carbonyl (C=O) groups excluding carboxylic acids is 1. The molecule has 0 saturated carbocycles. The van der Waals surface area contributed by atoms with E-state index in [2.05, 4.69) is 12.1 Å². The van der Waals surface area contributed by atoms with Crippen LogP contribution in [0.5, 0.6) is 11.5 Å². The molecule has 1 atom stereocenters. The van der Waals surface area contributed by atoms with Crippen molar-refractivity contribution in [1.82, 2.24) is 0 Å². The smallest absolute Gasteiger partial charge is 0.164 e. The number of aliphatic hydroxyl groups is 1. The van der Waals surface area contributed by atoms with Crippen LogP contribution in [0.25, 0.3) is 0 Å². The van der Waals surface area contributed by atoms with Crippen LogP contribution in [0.2, 0.25) is 0 Å². The van der Waals surface area contributed by atoms with Crippen molar-refractivity contribution in [2.24, 2.45) is 4.99 Å². The highest BCUT2D eigenvalue weighted by molar-refractivity contribution is 6.22. The summed E-state index contributed by atoms with van der Waals surface area (Å²) in [5, 5.41) is 10.6. The van der Waals surface area contributed by atoms with Gasteiger partial charge in [-0.15, -0.1) is 0 Å². The third-order valence-electron chi connectivity index (χ3n) is 5.39. The predicted octanol–water partition coefficient (Wildman–Crippen LogP) is 5.45. The molecule has 1 aliphatic rings. The van der Waals surface area contributed by atoms with Crippen LogP contribution in [0.1, 0.15) is 50.7 Å². The molecule has 1 N–H and O–H groups in total. The Morgan fingerprint density at radius 2 is 1.74 bits per heavy atom.